The predicted molar refractivity (Wildman–Crippen MR) is 110 cm³/mol. The number of carbonyl (C=O) groups excluding carboxylic acids is 2. The van der Waals surface area contributed by atoms with Crippen molar-refractivity contribution in [3.8, 4) is 11.5 Å². The first-order chi connectivity index (χ1) is 14.6. The summed E-state index contributed by atoms with van der Waals surface area (Å²) in [6.45, 7) is 0.148. The lowest BCUT2D eigenvalue weighted by Gasteiger charge is -2.28. The highest BCUT2D eigenvalue weighted by molar-refractivity contribution is 6.32. The molecule has 0 radical (unpaired) electrons. The minimum absolute atomic E-state index is 0.0580. The molecule has 3 amide bonds. The van der Waals surface area contributed by atoms with Gasteiger partial charge in [0.25, 0.3) is 5.91 Å². The molecule has 0 atom stereocenters. The van der Waals surface area contributed by atoms with Gasteiger partial charge in [0.05, 0.1) is 11.6 Å². The van der Waals surface area contributed by atoms with E-state index in [-0.39, 0.29) is 19.2 Å². The zero-order chi connectivity index (χ0) is 20.7. The van der Waals surface area contributed by atoms with Crippen molar-refractivity contribution in [2.24, 2.45) is 0 Å². The molecular weight excluding hydrogens is 404 g/mol. The molecule has 0 unspecified atom stereocenters. The summed E-state index contributed by atoms with van der Waals surface area (Å²) >= 11 is 6.27. The first-order valence-corrected chi connectivity index (χ1v) is 9.80. The number of amides is 3. The molecular formula is C23H17ClN2O4. The van der Waals surface area contributed by atoms with E-state index in [0.717, 1.165) is 0 Å². The SMILES string of the molecule is O=C1NC(c2ccccc2)(c2ccccc2)C(=O)N1Cc1cc(Cl)c2c(c1)OCO2. The average Bonchev–Trinajstić information content (AvgIpc) is 3.34. The summed E-state index contributed by atoms with van der Waals surface area (Å²) in [6.07, 6.45) is 0. The van der Waals surface area contributed by atoms with Crippen LogP contribution >= 0.6 is 11.6 Å². The van der Waals surface area contributed by atoms with Crippen molar-refractivity contribution < 1.29 is 19.1 Å². The molecule has 2 heterocycles. The molecule has 2 aliphatic rings. The van der Waals surface area contributed by atoms with E-state index in [1.807, 2.05) is 60.7 Å². The number of nitrogens with zero attached hydrogens (tertiary/aromatic N) is 1. The number of nitrogens with one attached hydrogen (secondary N) is 1. The van der Waals surface area contributed by atoms with E-state index in [0.29, 0.717) is 33.2 Å². The third-order valence-corrected chi connectivity index (χ3v) is 5.63. The summed E-state index contributed by atoms with van der Waals surface area (Å²) in [5.74, 6) is 0.626. The number of rotatable bonds is 4. The smallest absolute Gasteiger partial charge is 0.325 e. The topological polar surface area (TPSA) is 67.9 Å². The summed E-state index contributed by atoms with van der Waals surface area (Å²) in [5, 5.41) is 3.31. The molecule has 6 nitrogen and oxygen atoms in total. The summed E-state index contributed by atoms with van der Waals surface area (Å²) in [5.41, 5.74) is 0.769. The van der Waals surface area contributed by atoms with Gasteiger partial charge in [-0.15, -0.1) is 0 Å². The van der Waals surface area contributed by atoms with Gasteiger partial charge in [0, 0.05) is 0 Å². The molecule has 5 rings (SSSR count). The van der Waals surface area contributed by atoms with Crippen LogP contribution in [0.2, 0.25) is 5.02 Å². The molecule has 0 saturated carbocycles. The molecule has 2 aliphatic heterocycles. The number of fused-ring (bicyclic) bond motifs is 1. The van der Waals surface area contributed by atoms with Gasteiger partial charge in [-0.05, 0) is 28.8 Å². The van der Waals surface area contributed by atoms with Gasteiger partial charge in [-0.3, -0.25) is 9.69 Å². The molecule has 150 valence electrons. The molecule has 3 aromatic carbocycles. The Morgan fingerprint density at radius 2 is 1.57 bits per heavy atom. The van der Waals surface area contributed by atoms with E-state index < -0.39 is 11.6 Å². The van der Waals surface area contributed by atoms with Crippen LogP contribution in [0.15, 0.2) is 72.8 Å². The normalized spacial score (nSPS) is 16.6. The van der Waals surface area contributed by atoms with Crippen LogP contribution in [0, 0.1) is 0 Å². The molecule has 0 aromatic heterocycles. The first-order valence-electron chi connectivity index (χ1n) is 9.43. The Bertz CT molecular complexity index is 1100. The van der Waals surface area contributed by atoms with Crippen molar-refractivity contribution in [3.63, 3.8) is 0 Å². The molecule has 0 spiro atoms. The number of halogens is 1. The maximum absolute atomic E-state index is 13.7. The van der Waals surface area contributed by atoms with Crippen LogP contribution in [0.5, 0.6) is 11.5 Å². The van der Waals surface area contributed by atoms with Crippen molar-refractivity contribution >= 4 is 23.5 Å². The van der Waals surface area contributed by atoms with Crippen molar-refractivity contribution in [1.29, 1.82) is 0 Å². The highest BCUT2D eigenvalue weighted by Crippen LogP contribution is 2.41. The summed E-state index contributed by atoms with van der Waals surface area (Å²) in [6, 6.07) is 21.4. The molecule has 3 aromatic rings. The van der Waals surface area contributed by atoms with Crippen LogP contribution in [-0.4, -0.2) is 23.6 Å². The molecule has 1 N–H and O–H groups in total. The van der Waals surface area contributed by atoms with Gasteiger partial charge >= 0.3 is 6.03 Å². The van der Waals surface area contributed by atoms with Crippen molar-refractivity contribution in [2.75, 3.05) is 6.79 Å². The fourth-order valence-electron chi connectivity index (χ4n) is 3.95. The zero-order valence-electron chi connectivity index (χ0n) is 15.8. The molecule has 7 heteroatoms. The zero-order valence-corrected chi connectivity index (χ0v) is 16.6. The summed E-state index contributed by atoms with van der Waals surface area (Å²) < 4.78 is 10.7. The average molecular weight is 421 g/mol. The quantitative estimate of drug-likeness (QED) is 0.646. The Hall–Kier alpha value is -3.51. The van der Waals surface area contributed by atoms with Crippen molar-refractivity contribution in [3.05, 3.63) is 94.5 Å². The lowest BCUT2D eigenvalue weighted by atomic mass is 9.82. The monoisotopic (exact) mass is 420 g/mol. The van der Waals surface area contributed by atoms with E-state index in [1.165, 1.54) is 4.90 Å². The fraction of sp³-hybridized carbons (Fsp3) is 0.130. The largest absolute Gasteiger partial charge is 0.454 e. The number of hydrogen-bond acceptors (Lipinski definition) is 4. The van der Waals surface area contributed by atoms with Crippen LogP contribution in [0.1, 0.15) is 16.7 Å². The van der Waals surface area contributed by atoms with Crippen LogP contribution in [0.3, 0.4) is 0 Å². The predicted octanol–water partition coefficient (Wildman–Crippen LogP) is 4.06. The number of hydrogen-bond donors (Lipinski definition) is 1. The van der Waals surface area contributed by atoms with Crippen LogP contribution in [0.4, 0.5) is 4.79 Å². The fourth-order valence-corrected chi connectivity index (χ4v) is 4.24. The molecule has 0 bridgehead atoms. The van der Waals surface area contributed by atoms with Gasteiger partial charge < -0.3 is 14.8 Å². The standard InChI is InChI=1S/C23H17ClN2O4/c24-18-11-15(12-19-20(18)30-14-29-19)13-26-21(27)23(25-22(26)28,16-7-3-1-4-8-16)17-9-5-2-6-10-17/h1-12H,13-14H2,(H,25,28). The second-order valence-electron chi connectivity index (χ2n) is 7.11. The third-order valence-electron chi connectivity index (χ3n) is 5.35. The maximum atomic E-state index is 13.7. The third kappa shape index (κ3) is 2.80. The Morgan fingerprint density at radius 1 is 0.933 bits per heavy atom. The van der Waals surface area contributed by atoms with Crippen LogP contribution in [-0.2, 0) is 16.9 Å². The van der Waals surface area contributed by atoms with E-state index >= 15 is 0 Å². The second-order valence-corrected chi connectivity index (χ2v) is 7.52. The maximum Gasteiger partial charge on any atom is 0.325 e. The van der Waals surface area contributed by atoms with Gasteiger partial charge in [-0.25, -0.2) is 4.79 Å². The summed E-state index contributed by atoms with van der Waals surface area (Å²) in [7, 11) is 0. The van der Waals surface area contributed by atoms with Crippen LogP contribution in [0.25, 0.3) is 0 Å². The number of imide groups is 1. The Labute approximate surface area is 178 Å². The minimum atomic E-state index is -1.29. The van der Waals surface area contributed by atoms with Gasteiger partial charge in [0.15, 0.2) is 17.0 Å². The lowest BCUT2D eigenvalue weighted by Crippen LogP contribution is -2.45. The Balaban J connectivity index is 1.56. The highest BCUT2D eigenvalue weighted by atomic mass is 35.5. The summed E-state index contributed by atoms with van der Waals surface area (Å²) in [4.78, 5) is 27.9. The van der Waals surface area contributed by atoms with E-state index in [2.05, 4.69) is 5.32 Å². The molecule has 1 fully saturated rings. The van der Waals surface area contributed by atoms with E-state index in [4.69, 9.17) is 21.1 Å². The second kappa shape index (κ2) is 7.07. The first kappa shape index (κ1) is 18.5. The molecule has 30 heavy (non-hydrogen) atoms. The molecule has 1 saturated heterocycles. The van der Waals surface area contributed by atoms with Gasteiger partial charge in [-0.2, -0.15) is 0 Å². The van der Waals surface area contributed by atoms with E-state index in [9.17, 15) is 9.59 Å². The van der Waals surface area contributed by atoms with Gasteiger partial charge in [-0.1, -0.05) is 72.3 Å². The highest BCUT2D eigenvalue weighted by Gasteiger charge is 2.53. The lowest BCUT2D eigenvalue weighted by molar-refractivity contribution is -0.130. The Kier molecular flexibility index (Phi) is 4.37. The van der Waals surface area contributed by atoms with Crippen LogP contribution < -0.4 is 14.8 Å². The Morgan fingerprint density at radius 3 is 2.20 bits per heavy atom. The van der Waals surface area contributed by atoms with E-state index in [1.54, 1.807) is 12.1 Å². The minimum Gasteiger partial charge on any atom is -0.454 e. The number of urea groups is 1. The molecule has 0 aliphatic carbocycles. The van der Waals surface area contributed by atoms with Crippen molar-refractivity contribution in [1.82, 2.24) is 10.2 Å². The number of carbonyl (C=O) groups is 2. The van der Waals surface area contributed by atoms with Gasteiger partial charge in [0.1, 0.15) is 0 Å². The number of benzene rings is 3. The number of ether oxygens (including phenoxy) is 2. The van der Waals surface area contributed by atoms with Gasteiger partial charge in [0.2, 0.25) is 6.79 Å². The van der Waals surface area contributed by atoms with Crippen molar-refractivity contribution in [2.45, 2.75) is 12.1 Å².